The molecule has 1 fully saturated rings. The Hall–Kier alpha value is -2.55. The van der Waals surface area contributed by atoms with Crippen LogP contribution in [0.3, 0.4) is 0 Å². The van der Waals surface area contributed by atoms with E-state index in [1.54, 1.807) is 18.3 Å². The van der Waals surface area contributed by atoms with Gasteiger partial charge >= 0.3 is 6.18 Å². The van der Waals surface area contributed by atoms with Gasteiger partial charge in [-0.3, -0.25) is 14.6 Å². The Labute approximate surface area is 164 Å². The summed E-state index contributed by atoms with van der Waals surface area (Å²) in [6.07, 6.45) is -2.66. The van der Waals surface area contributed by atoms with Gasteiger partial charge in [-0.15, -0.1) is 11.8 Å². The van der Waals surface area contributed by atoms with Crippen LogP contribution in [0.5, 0.6) is 0 Å². The number of alkyl halides is 3. The Kier molecular flexibility index (Phi) is 6.23. The molecule has 2 amide bonds. The lowest BCUT2D eigenvalue weighted by Gasteiger charge is -2.24. The number of amides is 2. The fourth-order valence-corrected chi connectivity index (χ4v) is 4.03. The fourth-order valence-electron chi connectivity index (χ4n) is 2.81. The van der Waals surface area contributed by atoms with E-state index in [1.165, 1.54) is 28.8 Å². The molecule has 1 N–H and O–H groups in total. The second kappa shape index (κ2) is 8.64. The van der Waals surface area contributed by atoms with E-state index in [-0.39, 0.29) is 30.5 Å². The highest BCUT2D eigenvalue weighted by atomic mass is 32.2. The first-order chi connectivity index (χ1) is 13.3. The standard InChI is InChI=1S/C19H18F3N3O2S/c20-19(21,22)14-6-4-13(5-7-14)18-25(17(27)12-28-18)10-8-16(26)24-11-15-3-1-2-9-23-15/h1-7,9,18H,8,10-12H2,(H,24,26). The Morgan fingerprint density at radius 1 is 1.21 bits per heavy atom. The van der Waals surface area contributed by atoms with Crippen LogP contribution in [0.2, 0.25) is 0 Å². The zero-order valence-corrected chi connectivity index (χ0v) is 15.6. The van der Waals surface area contributed by atoms with Gasteiger partial charge < -0.3 is 10.2 Å². The molecule has 0 aliphatic carbocycles. The summed E-state index contributed by atoms with van der Waals surface area (Å²) in [7, 11) is 0. The summed E-state index contributed by atoms with van der Waals surface area (Å²) >= 11 is 1.34. The van der Waals surface area contributed by atoms with E-state index in [2.05, 4.69) is 10.3 Å². The highest BCUT2D eigenvalue weighted by Crippen LogP contribution is 2.39. The normalized spacial score (nSPS) is 17.0. The molecule has 148 valence electrons. The third-order valence-electron chi connectivity index (χ3n) is 4.26. The molecule has 1 unspecified atom stereocenters. The molecule has 1 aromatic carbocycles. The van der Waals surface area contributed by atoms with Gasteiger partial charge in [-0.05, 0) is 29.8 Å². The number of hydrogen-bond donors (Lipinski definition) is 1. The molecule has 1 atom stereocenters. The molecule has 2 aromatic rings. The van der Waals surface area contributed by atoms with Crippen LogP contribution >= 0.6 is 11.8 Å². The number of aromatic nitrogens is 1. The third-order valence-corrected chi connectivity index (χ3v) is 5.52. The van der Waals surface area contributed by atoms with Gasteiger partial charge in [0.2, 0.25) is 11.8 Å². The first kappa shape index (κ1) is 20.2. The highest BCUT2D eigenvalue weighted by molar-refractivity contribution is 8.00. The first-order valence-electron chi connectivity index (χ1n) is 8.59. The lowest BCUT2D eigenvalue weighted by molar-refractivity contribution is -0.137. The van der Waals surface area contributed by atoms with Crippen LogP contribution in [0.4, 0.5) is 13.2 Å². The van der Waals surface area contributed by atoms with Gasteiger partial charge in [-0.25, -0.2) is 0 Å². The number of rotatable bonds is 6. The van der Waals surface area contributed by atoms with E-state index >= 15 is 0 Å². The van der Waals surface area contributed by atoms with Gasteiger partial charge in [0, 0.05) is 19.2 Å². The number of halogens is 3. The van der Waals surface area contributed by atoms with Crippen LogP contribution in [-0.2, 0) is 22.3 Å². The minimum absolute atomic E-state index is 0.107. The number of benzene rings is 1. The van der Waals surface area contributed by atoms with Gasteiger partial charge in [-0.1, -0.05) is 18.2 Å². The first-order valence-corrected chi connectivity index (χ1v) is 9.64. The van der Waals surface area contributed by atoms with Gasteiger partial charge in [0.15, 0.2) is 0 Å². The molecule has 5 nitrogen and oxygen atoms in total. The number of pyridine rings is 1. The molecule has 1 saturated heterocycles. The van der Waals surface area contributed by atoms with E-state index < -0.39 is 17.1 Å². The third kappa shape index (κ3) is 5.03. The molecule has 0 spiro atoms. The summed E-state index contributed by atoms with van der Waals surface area (Å²) in [5.41, 5.74) is 0.607. The van der Waals surface area contributed by atoms with Crippen molar-refractivity contribution in [1.29, 1.82) is 0 Å². The molecule has 3 rings (SSSR count). The van der Waals surface area contributed by atoms with E-state index in [0.717, 1.165) is 17.8 Å². The predicted molar refractivity (Wildman–Crippen MR) is 99.1 cm³/mol. The zero-order chi connectivity index (χ0) is 20.1. The Morgan fingerprint density at radius 3 is 2.61 bits per heavy atom. The number of carbonyl (C=O) groups excluding carboxylic acids is 2. The van der Waals surface area contributed by atoms with E-state index in [4.69, 9.17) is 0 Å². The zero-order valence-electron chi connectivity index (χ0n) is 14.8. The topological polar surface area (TPSA) is 62.3 Å². The second-order valence-corrected chi connectivity index (χ2v) is 7.29. The SMILES string of the molecule is O=C(CCN1C(=O)CSC1c1ccc(C(F)(F)F)cc1)NCc1ccccn1. The van der Waals surface area contributed by atoms with Crippen molar-refractivity contribution in [2.45, 2.75) is 24.5 Å². The summed E-state index contributed by atoms with van der Waals surface area (Å²) < 4.78 is 38.2. The van der Waals surface area contributed by atoms with Crippen LogP contribution in [-0.4, -0.2) is 34.0 Å². The molecule has 0 saturated carbocycles. The quantitative estimate of drug-likeness (QED) is 0.795. The fraction of sp³-hybridized carbons (Fsp3) is 0.316. The van der Waals surface area contributed by atoms with Gasteiger partial charge in [0.05, 0.1) is 23.6 Å². The van der Waals surface area contributed by atoms with Crippen molar-refractivity contribution in [2.24, 2.45) is 0 Å². The number of nitrogens with one attached hydrogen (secondary N) is 1. The summed E-state index contributed by atoms with van der Waals surface area (Å²) in [5.74, 6) is -0.115. The highest BCUT2D eigenvalue weighted by Gasteiger charge is 2.34. The van der Waals surface area contributed by atoms with Crippen LogP contribution in [0.25, 0.3) is 0 Å². The number of nitrogens with zero attached hydrogens (tertiary/aromatic N) is 2. The van der Waals surface area contributed by atoms with Crippen molar-refractivity contribution < 1.29 is 22.8 Å². The lowest BCUT2D eigenvalue weighted by Crippen LogP contribution is -2.33. The molecule has 1 aliphatic heterocycles. The monoisotopic (exact) mass is 409 g/mol. The lowest BCUT2D eigenvalue weighted by atomic mass is 10.1. The maximum atomic E-state index is 12.7. The maximum absolute atomic E-state index is 12.7. The van der Waals surface area contributed by atoms with E-state index in [1.807, 2.05) is 6.07 Å². The minimum Gasteiger partial charge on any atom is -0.350 e. The molecule has 2 heterocycles. The number of hydrogen-bond acceptors (Lipinski definition) is 4. The van der Waals surface area contributed by atoms with Crippen molar-refractivity contribution in [3.05, 3.63) is 65.5 Å². The average molecular weight is 409 g/mol. The van der Waals surface area contributed by atoms with Crippen LogP contribution < -0.4 is 5.32 Å². The minimum atomic E-state index is -4.40. The van der Waals surface area contributed by atoms with Crippen LogP contribution in [0, 0.1) is 0 Å². The molecular formula is C19H18F3N3O2S. The van der Waals surface area contributed by atoms with E-state index in [0.29, 0.717) is 12.1 Å². The maximum Gasteiger partial charge on any atom is 0.416 e. The van der Waals surface area contributed by atoms with E-state index in [9.17, 15) is 22.8 Å². The summed E-state index contributed by atoms with van der Waals surface area (Å²) in [6.45, 7) is 0.496. The molecule has 1 aliphatic rings. The van der Waals surface area contributed by atoms with Crippen LogP contribution in [0.15, 0.2) is 48.7 Å². The molecule has 0 bridgehead atoms. The summed E-state index contributed by atoms with van der Waals surface area (Å²) in [4.78, 5) is 29.9. The van der Waals surface area contributed by atoms with Gasteiger partial charge in [-0.2, -0.15) is 13.2 Å². The van der Waals surface area contributed by atoms with Gasteiger partial charge in [0.1, 0.15) is 5.37 Å². The van der Waals surface area contributed by atoms with Crippen molar-refractivity contribution in [1.82, 2.24) is 15.2 Å². The predicted octanol–water partition coefficient (Wildman–Crippen LogP) is 3.38. The largest absolute Gasteiger partial charge is 0.416 e. The van der Waals surface area contributed by atoms with Crippen molar-refractivity contribution in [3.8, 4) is 0 Å². The number of thioether (sulfide) groups is 1. The Bertz CT molecular complexity index is 829. The number of carbonyl (C=O) groups is 2. The molecule has 28 heavy (non-hydrogen) atoms. The summed E-state index contributed by atoms with van der Waals surface area (Å²) in [5, 5.41) is 2.35. The van der Waals surface area contributed by atoms with Crippen molar-refractivity contribution >= 4 is 23.6 Å². The molecule has 9 heteroatoms. The van der Waals surface area contributed by atoms with Gasteiger partial charge in [0.25, 0.3) is 0 Å². The Balaban J connectivity index is 1.57. The molecule has 0 radical (unpaired) electrons. The smallest absolute Gasteiger partial charge is 0.350 e. The average Bonchev–Trinajstić information content (AvgIpc) is 3.05. The van der Waals surface area contributed by atoms with Crippen molar-refractivity contribution in [3.63, 3.8) is 0 Å². The summed E-state index contributed by atoms with van der Waals surface area (Å²) in [6, 6.07) is 10.2. The molecular weight excluding hydrogens is 391 g/mol. The Morgan fingerprint density at radius 2 is 1.96 bits per heavy atom. The second-order valence-electron chi connectivity index (χ2n) is 6.22. The van der Waals surface area contributed by atoms with Crippen LogP contribution in [0.1, 0.15) is 28.6 Å². The molecule has 1 aromatic heterocycles. The van der Waals surface area contributed by atoms with Crippen molar-refractivity contribution in [2.75, 3.05) is 12.3 Å².